The lowest BCUT2D eigenvalue weighted by molar-refractivity contribution is -0.279. The minimum absolute atomic E-state index is 0.247. The molecule has 1 unspecified atom stereocenters. The van der Waals surface area contributed by atoms with Gasteiger partial charge in [-0.2, -0.15) is 5.26 Å². The first-order valence-corrected chi connectivity index (χ1v) is 15.2. The van der Waals surface area contributed by atoms with Crippen molar-refractivity contribution in [2.75, 3.05) is 24.5 Å². The van der Waals surface area contributed by atoms with Crippen LogP contribution < -0.4 is 9.62 Å². The number of ether oxygens (including phenoxy) is 1. The molecule has 1 saturated heterocycles. The van der Waals surface area contributed by atoms with Gasteiger partial charge in [-0.15, -0.1) is 11.3 Å². The molecule has 4 rings (SSSR count). The van der Waals surface area contributed by atoms with Crippen molar-refractivity contribution < 1.29 is 33.6 Å². The number of nitrogens with one attached hydrogen (secondary N) is 1. The van der Waals surface area contributed by atoms with Gasteiger partial charge >= 0.3 is 0 Å². The second kappa shape index (κ2) is 12.3. The Labute approximate surface area is 237 Å². The van der Waals surface area contributed by atoms with Crippen molar-refractivity contribution in [3.8, 4) is 16.5 Å². The maximum absolute atomic E-state index is 13.0. The molecule has 0 saturated carbocycles. The molecule has 1 aliphatic heterocycles. The first-order chi connectivity index (χ1) is 19.0. The molecule has 2 aromatic carbocycles. The van der Waals surface area contributed by atoms with Crippen molar-refractivity contribution in [2.24, 2.45) is 0 Å². The van der Waals surface area contributed by atoms with Gasteiger partial charge in [-0.25, -0.2) is 13.1 Å². The molecule has 1 fully saturated rings. The van der Waals surface area contributed by atoms with Crippen LogP contribution in [0.25, 0.3) is 26.8 Å². The van der Waals surface area contributed by atoms with E-state index in [4.69, 9.17) is 4.74 Å². The highest BCUT2D eigenvalue weighted by atomic mass is 32.2. The number of hydrogen-bond acceptors (Lipinski definition) is 10. The third kappa shape index (κ3) is 6.07. The van der Waals surface area contributed by atoms with Crippen LogP contribution in [0.3, 0.4) is 0 Å². The molecular weight excluding hydrogens is 554 g/mol. The summed E-state index contributed by atoms with van der Waals surface area (Å²) >= 11 is 1.36. The predicted octanol–water partition coefficient (Wildman–Crippen LogP) is 2.39. The molecule has 214 valence electrons. The highest BCUT2D eigenvalue weighted by Crippen LogP contribution is 2.35. The maximum atomic E-state index is 13.0. The van der Waals surface area contributed by atoms with Crippen molar-refractivity contribution in [1.29, 1.82) is 5.26 Å². The third-order valence-corrected chi connectivity index (χ3v) is 9.82. The molecule has 2 heterocycles. The van der Waals surface area contributed by atoms with Gasteiger partial charge in [0, 0.05) is 35.1 Å². The van der Waals surface area contributed by atoms with E-state index in [1.165, 1.54) is 11.3 Å². The van der Waals surface area contributed by atoms with E-state index in [0.717, 1.165) is 40.0 Å². The second-order valence-corrected chi connectivity index (χ2v) is 12.3. The molecule has 0 aliphatic carbocycles. The van der Waals surface area contributed by atoms with E-state index in [0.29, 0.717) is 4.88 Å². The Hall–Kier alpha value is -2.86. The largest absolute Gasteiger partial charge is 0.388 e. The predicted molar refractivity (Wildman–Crippen MR) is 155 cm³/mol. The number of allylic oxidation sites excluding steroid dienone is 2. The van der Waals surface area contributed by atoms with Crippen LogP contribution >= 0.6 is 11.3 Å². The fraction of sp³-hybridized carbons (Fsp3) is 0.393. The lowest BCUT2D eigenvalue weighted by Crippen LogP contribution is -2.59. The standard InChI is InChI=1S/C28H33N3O7S2/c1-4-31(5-2)20-9-8-17-12-19(7-6-18(17)13-20)23-11-10-22(39-23)16(3)24(14-29)40(36,37)30-15-21-25(32)26(33)27(34)28(35)38-21/h6-13,21,25-28,30,32-35H,4-5,15H2,1-3H3/b24-16+/t21-,25-,26+,27-,28?/m1/s1. The molecule has 5 N–H and O–H groups in total. The van der Waals surface area contributed by atoms with Crippen molar-refractivity contribution in [3.05, 3.63) is 58.3 Å². The summed E-state index contributed by atoms with van der Waals surface area (Å²) in [4.78, 5) is 3.28. The van der Waals surface area contributed by atoms with Crippen LogP contribution in [0.4, 0.5) is 5.69 Å². The topological polar surface area (TPSA) is 163 Å². The van der Waals surface area contributed by atoms with E-state index in [-0.39, 0.29) is 5.57 Å². The fourth-order valence-electron chi connectivity index (χ4n) is 4.69. The van der Waals surface area contributed by atoms with Crippen molar-refractivity contribution in [3.63, 3.8) is 0 Å². The van der Waals surface area contributed by atoms with Gasteiger partial charge in [0.15, 0.2) is 11.2 Å². The van der Waals surface area contributed by atoms with Crippen LogP contribution in [-0.4, -0.2) is 79.2 Å². The van der Waals surface area contributed by atoms with Gasteiger partial charge in [0.25, 0.3) is 10.0 Å². The van der Waals surface area contributed by atoms with Crippen LogP contribution in [0.2, 0.25) is 0 Å². The number of benzene rings is 2. The Balaban J connectivity index is 1.55. The van der Waals surface area contributed by atoms with E-state index < -0.39 is 52.2 Å². The zero-order chi connectivity index (χ0) is 29.2. The quantitative estimate of drug-likeness (QED) is 0.237. The number of aliphatic hydroxyl groups excluding tert-OH is 4. The average Bonchev–Trinajstić information content (AvgIpc) is 3.44. The summed E-state index contributed by atoms with van der Waals surface area (Å²) in [5.41, 5.74) is 2.38. The molecule has 0 bridgehead atoms. The monoisotopic (exact) mass is 587 g/mol. The van der Waals surface area contributed by atoms with Crippen molar-refractivity contribution >= 4 is 43.4 Å². The number of fused-ring (bicyclic) bond motifs is 1. The van der Waals surface area contributed by atoms with E-state index in [9.17, 15) is 34.1 Å². The summed E-state index contributed by atoms with van der Waals surface area (Å²) < 4.78 is 33.2. The number of anilines is 1. The third-order valence-electron chi connectivity index (χ3n) is 7.09. The number of nitriles is 1. The Bertz CT molecular complexity index is 1540. The Morgan fingerprint density at radius 2 is 1.68 bits per heavy atom. The van der Waals surface area contributed by atoms with Gasteiger partial charge in [-0.3, -0.25) is 0 Å². The molecule has 3 aromatic rings. The Kier molecular flexibility index (Phi) is 9.29. The number of nitrogens with zero attached hydrogens (tertiary/aromatic N) is 2. The van der Waals surface area contributed by atoms with E-state index in [1.54, 1.807) is 19.1 Å². The smallest absolute Gasteiger partial charge is 0.251 e. The lowest BCUT2D eigenvalue weighted by atomic mass is 9.99. The van der Waals surface area contributed by atoms with Crippen LogP contribution in [0.5, 0.6) is 0 Å². The summed E-state index contributed by atoms with van der Waals surface area (Å²) in [5.74, 6) is 0. The highest BCUT2D eigenvalue weighted by Gasteiger charge is 2.43. The number of thiophene rings is 1. The van der Waals surface area contributed by atoms with Gasteiger partial charge in [-0.1, -0.05) is 18.2 Å². The zero-order valence-electron chi connectivity index (χ0n) is 22.4. The van der Waals surface area contributed by atoms with Crippen LogP contribution in [0.1, 0.15) is 25.6 Å². The molecule has 12 heteroatoms. The minimum atomic E-state index is -4.34. The van der Waals surface area contributed by atoms with Crippen molar-refractivity contribution in [2.45, 2.75) is 51.5 Å². The van der Waals surface area contributed by atoms with Crippen LogP contribution in [0.15, 0.2) is 53.4 Å². The molecular formula is C28H33N3O7S2. The Morgan fingerprint density at radius 1 is 1.00 bits per heavy atom. The zero-order valence-corrected chi connectivity index (χ0v) is 24.0. The van der Waals surface area contributed by atoms with Gasteiger partial charge in [0.2, 0.25) is 0 Å². The summed E-state index contributed by atoms with van der Waals surface area (Å²) in [6.07, 6.45) is -8.25. The summed E-state index contributed by atoms with van der Waals surface area (Å²) in [7, 11) is -4.34. The maximum Gasteiger partial charge on any atom is 0.251 e. The summed E-state index contributed by atoms with van der Waals surface area (Å²) in [5, 5.41) is 51.1. The number of hydrogen-bond donors (Lipinski definition) is 5. The number of sulfonamides is 1. The van der Waals surface area contributed by atoms with Crippen molar-refractivity contribution in [1.82, 2.24) is 4.72 Å². The molecule has 1 aromatic heterocycles. The number of rotatable bonds is 9. The van der Waals surface area contributed by atoms with Crippen LogP contribution in [-0.2, 0) is 14.8 Å². The molecule has 10 nitrogen and oxygen atoms in total. The SMILES string of the molecule is CCN(CC)c1ccc2cc(-c3ccc(/C(C)=C(\C#N)S(=O)(=O)NC[C@H]4OC(O)[C@H](O)[C@@H](O)[C@@H]4O)s3)ccc2c1. The first-order valence-electron chi connectivity index (χ1n) is 12.9. The fourth-order valence-corrected chi connectivity index (χ4v) is 6.92. The lowest BCUT2D eigenvalue weighted by Gasteiger charge is -2.38. The van der Waals surface area contributed by atoms with Gasteiger partial charge in [0.1, 0.15) is 30.5 Å². The average molecular weight is 588 g/mol. The summed E-state index contributed by atoms with van der Waals surface area (Å²) in [6.45, 7) is 7.10. The molecule has 1 aliphatic rings. The molecule has 0 amide bonds. The first kappa shape index (κ1) is 30.1. The molecule has 5 atom stereocenters. The van der Waals surface area contributed by atoms with Gasteiger partial charge in [-0.05, 0) is 73.0 Å². The normalized spacial score (nSPS) is 24.0. The van der Waals surface area contributed by atoms with Crippen LogP contribution in [0, 0.1) is 11.3 Å². The number of aliphatic hydroxyl groups is 4. The molecule has 0 radical (unpaired) electrons. The minimum Gasteiger partial charge on any atom is -0.388 e. The summed E-state index contributed by atoms with van der Waals surface area (Å²) in [6, 6.07) is 17.9. The van der Waals surface area contributed by atoms with Gasteiger partial charge in [0.05, 0.1) is 0 Å². The molecule has 40 heavy (non-hydrogen) atoms. The second-order valence-electron chi connectivity index (χ2n) is 9.54. The molecule has 0 spiro atoms. The Morgan fingerprint density at radius 3 is 2.35 bits per heavy atom. The highest BCUT2D eigenvalue weighted by molar-refractivity contribution is 7.93. The van der Waals surface area contributed by atoms with E-state index in [2.05, 4.69) is 53.8 Å². The van der Waals surface area contributed by atoms with E-state index >= 15 is 0 Å². The van der Waals surface area contributed by atoms with Gasteiger partial charge < -0.3 is 30.1 Å². The van der Waals surface area contributed by atoms with E-state index in [1.807, 2.05) is 12.1 Å².